The van der Waals surface area contributed by atoms with E-state index in [0.717, 1.165) is 37.7 Å². The summed E-state index contributed by atoms with van der Waals surface area (Å²) in [5, 5.41) is 6.74. The maximum atomic E-state index is 12.2. The SMILES string of the molecule is CCNC(=NCCS(=O)(=O)NCc1ccccc1)NC1CCN(C2CCCC2)C1.I. The van der Waals surface area contributed by atoms with Crippen LogP contribution in [0.15, 0.2) is 35.3 Å². The molecule has 7 nitrogen and oxygen atoms in total. The first-order chi connectivity index (χ1) is 14.1. The van der Waals surface area contributed by atoms with Crippen LogP contribution in [-0.2, 0) is 16.6 Å². The molecule has 1 saturated heterocycles. The number of benzene rings is 1. The van der Waals surface area contributed by atoms with Gasteiger partial charge in [-0.3, -0.25) is 9.89 Å². The number of nitrogens with zero attached hydrogens (tertiary/aromatic N) is 2. The summed E-state index contributed by atoms with van der Waals surface area (Å²) >= 11 is 0. The van der Waals surface area contributed by atoms with Crippen LogP contribution in [-0.4, -0.2) is 63.3 Å². The lowest BCUT2D eigenvalue weighted by atomic mass is 10.2. The molecule has 9 heteroatoms. The van der Waals surface area contributed by atoms with Crippen LogP contribution in [0.3, 0.4) is 0 Å². The summed E-state index contributed by atoms with van der Waals surface area (Å²) in [6.45, 7) is 5.51. The molecule has 1 atom stereocenters. The number of hydrogen-bond acceptors (Lipinski definition) is 4. The molecule has 170 valence electrons. The number of nitrogens with one attached hydrogen (secondary N) is 3. The Kier molecular flexibility index (Phi) is 10.8. The van der Waals surface area contributed by atoms with Gasteiger partial charge in [0.15, 0.2) is 5.96 Å². The van der Waals surface area contributed by atoms with Gasteiger partial charge in [-0.25, -0.2) is 13.1 Å². The van der Waals surface area contributed by atoms with Gasteiger partial charge in [0.05, 0.1) is 12.3 Å². The Morgan fingerprint density at radius 3 is 2.60 bits per heavy atom. The van der Waals surface area contributed by atoms with Crippen molar-refractivity contribution in [2.24, 2.45) is 4.99 Å². The zero-order valence-electron chi connectivity index (χ0n) is 17.8. The van der Waals surface area contributed by atoms with E-state index in [1.807, 2.05) is 37.3 Å². The highest BCUT2D eigenvalue weighted by Crippen LogP contribution is 2.26. The van der Waals surface area contributed by atoms with Crippen molar-refractivity contribution in [1.82, 2.24) is 20.3 Å². The van der Waals surface area contributed by atoms with Gasteiger partial charge in [0.2, 0.25) is 10.0 Å². The largest absolute Gasteiger partial charge is 0.357 e. The van der Waals surface area contributed by atoms with Crippen molar-refractivity contribution < 1.29 is 8.42 Å². The molecule has 1 aromatic carbocycles. The normalized spacial score (nSPS) is 20.8. The van der Waals surface area contributed by atoms with Crippen LogP contribution in [0.1, 0.15) is 44.6 Å². The van der Waals surface area contributed by atoms with E-state index in [1.54, 1.807) is 0 Å². The summed E-state index contributed by atoms with van der Waals surface area (Å²) in [7, 11) is -3.36. The summed E-state index contributed by atoms with van der Waals surface area (Å²) in [5.41, 5.74) is 0.947. The third-order valence-corrected chi connectivity index (χ3v) is 7.02. The summed E-state index contributed by atoms with van der Waals surface area (Å²) < 4.78 is 27.1. The van der Waals surface area contributed by atoms with Crippen LogP contribution in [0.5, 0.6) is 0 Å². The van der Waals surface area contributed by atoms with E-state index >= 15 is 0 Å². The number of aliphatic imine (C=N–C) groups is 1. The molecule has 1 aromatic rings. The lowest BCUT2D eigenvalue weighted by Gasteiger charge is -2.24. The lowest BCUT2D eigenvalue weighted by molar-refractivity contribution is 0.242. The molecule has 2 aliphatic rings. The molecule has 0 bridgehead atoms. The van der Waals surface area contributed by atoms with Crippen LogP contribution in [0.4, 0.5) is 0 Å². The van der Waals surface area contributed by atoms with Gasteiger partial charge in [-0.2, -0.15) is 0 Å². The Morgan fingerprint density at radius 1 is 1.17 bits per heavy atom. The van der Waals surface area contributed by atoms with Crippen molar-refractivity contribution in [1.29, 1.82) is 0 Å². The fourth-order valence-electron chi connectivity index (χ4n) is 4.16. The first kappa shape index (κ1) is 25.4. The summed E-state index contributed by atoms with van der Waals surface area (Å²) in [6.07, 6.45) is 6.48. The van der Waals surface area contributed by atoms with Crippen molar-refractivity contribution in [2.45, 2.75) is 57.7 Å². The summed E-state index contributed by atoms with van der Waals surface area (Å²) in [5.74, 6) is 0.693. The average molecular weight is 550 g/mol. The predicted octanol–water partition coefficient (Wildman–Crippen LogP) is 2.30. The quantitative estimate of drug-likeness (QED) is 0.250. The number of sulfonamides is 1. The Hall–Kier alpha value is -0.910. The Labute approximate surface area is 198 Å². The molecule has 1 saturated carbocycles. The molecule has 1 aliphatic heterocycles. The van der Waals surface area contributed by atoms with Crippen LogP contribution < -0.4 is 15.4 Å². The van der Waals surface area contributed by atoms with Gasteiger partial charge in [0.1, 0.15) is 0 Å². The molecular formula is C21H36IN5O2S. The zero-order valence-corrected chi connectivity index (χ0v) is 21.0. The van der Waals surface area contributed by atoms with Crippen molar-refractivity contribution >= 4 is 40.0 Å². The third kappa shape index (κ3) is 8.32. The fourth-order valence-corrected chi connectivity index (χ4v) is 5.02. The van der Waals surface area contributed by atoms with Gasteiger partial charge in [-0.05, 0) is 31.7 Å². The van der Waals surface area contributed by atoms with Crippen LogP contribution in [0.25, 0.3) is 0 Å². The molecule has 0 spiro atoms. The summed E-state index contributed by atoms with van der Waals surface area (Å²) in [4.78, 5) is 7.10. The van der Waals surface area contributed by atoms with E-state index in [1.165, 1.54) is 25.7 Å². The predicted molar refractivity (Wildman–Crippen MR) is 134 cm³/mol. The van der Waals surface area contributed by atoms with Crippen LogP contribution in [0, 0.1) is 0 Å². The monoisotopic (exact) mass is 549 g/mol. The lowest BCUT2D eigenvalue weighted by Crippen LogP contribution is -2.45. The number of likely N-dealkylation sites (tertiary alicyclic amines) is 1. The molecular weight excluding hydrogens is 513 g/mol. The second kappa shape index (κ2) is 12.8. The molecule has 1 aliphatic carbocycles. The second-order valence-corrected chi connectivity index (χ2v) is 9.88. The zero-order chi connectivity index (χ0) is 20.5. The first-order valence-electron chi connectivity index (χ1n) is 10.9. The second-order valence-electron chi connectivity index (χ2n) is 7.95. The molecule has 1 heterocycles. The van der Waals surface area contributed by atoms with Gasteiger partial charge in [0, 0.05) is 38.3 Å². The molecule has 30 heavy (non-hydrogen) atoms. The Balaban J connectivity index is 0.00000320. The average Bonchev–Trinajstić information content (AvgIpc) is 3.39. The number of hydrogen-bond donors (Lipinski definition) is 3. The van der Waals surface area contributed by atoms with Crippen molar-refractivity contribution in [2.75, 3.05) is 31.9 Å². The van der Waals surface area contributed by atoms with E-state index in [9.17, 15) is 8.42 Å². The highest BCUT2D eigenvalue weighted by Gasteiger charge is 2.30. The summed E-state index contributed by atoms with van der Waals surface area (Å²) in [6, 6.07) is 10.7. The van der Waals surface area contributed by atoms with E-state index in [-0.39, 0.29) is 36.3 Å². The number of halogens is 1. The Morgan fingerprint density at radius 2 is 1.90 bits per heavy atom. The first-order valence-corrected chi connectivity index (χ1v) is 12.5. The van der Waals surface area contributed by atoms with Crippen molar-refractivity contribution in [3.8, 4) is 0 Å². The molecule has 0 radical (unpaired) electrons. The molecule has 0 amide bonds. The van der Waals surface area contributed by atoms with Gasteiger partial charge >= 0.3 is 0 Å². The number of rotatable bonds is 9. The molecule has 3 rings (SSSR count). The van der Waals surface area contributed by atoms with E-state index in [4.69, 9.17) is 0 Å². The Bertz CT molecular complexity index is 754. The molecule has 3 N–H and O–H groups in total. The standard InChI is InChI=1S/C21H35N5O2S.HI/c1-2-22-21(25-19-12-14-26(17-19)20-10-6-7-11-20)23-13-15-29(27,28)24-16-18-8-4-3-5-9-18;/h3-5,8-9,19-20,24H,2,6-7,10-17H2,1H3,(H2,22,23,25);1H. The third-order valence-electron chi connectivity index (χ3n) is 5.71. The topological polar surface area (TPSA) is 85.8 Å². The van der Waals surface area contributed by atoms with Gasteiger partial charge < -0.3 is 10.6 Å². The smallest absolute Gasteiger partial charge is 0.213 e. The van der Waals surface area contributed by atoms with Crippen LogP contribution in [0.2, 0.25) is 0 Å². The highest BCUT2D eigenvalue weighted by molar-refractivity contribution is 14.0. The maximum Gasteiger partial charge on any atom is 0.213 e. The van der Waals surface area contributed by atoms with E-state index in [0.29, 0.717) is 18.5 Å². The van der Waals surface area contributed by atoms with Crippen molar-refractivity contribution in [3.05, 3.63) is 35.9 Å². The fraction of sp³-hybridized carbons (Fsp3) is 0.667. The minimum absolute atomic E-state index is 0. The minimum atomic E-state index is -3.36. The molecule has 1 unspecified atom stereocenters. The van der Waals surface area contributed by atoms with Gasteiger partial charge in [-0.1, -0.05) is 43.2 Å². The van der Waals surface area contributed by atoms with E-state index in [2.05, 4.69) is 25.2 Å². The number of guanidine groups is 1. The highest BCUT2D eigenvalue weighted by atomic mass is 127. The van der Waals surface area contributed by atoms with Crippen LogP contribution >= 0.6 is 24.0 Å². The molecule has 0 aromatic heterocycles. The van der Waals surface area contributed by atoms with E-state index < -0.39 is 10.0 Å². The van der Waals surface area contributed by atoms with Crippen molar-refractivity contribution in [3.63, 3.8) is 0 Å². The maximum absolute atomic E-state index is 12.2. The minimum Gasteiger partial charge on any atom is -0.357 e. The molecule has 2 fully saturated rings. The van der Waals surface area contributed by atoms with Gasteiger partial charge in [-0.15, -0.1) is 24.0 Å². The van der Waals surface area contributed by atoms with Gasteiger partial charge in [0.25, 0.3) is 0 Å².